The monoisotopic (exact) mass is 264 g/mol. The van der Waals surface area contributed by atoms with Crippen LogP contribution in [0.4, 0.5) is 0 Å². The quantitative estimate of drug-likeness (QED) is 0.618. The summed E-state index contributed by atoms with van der Waals surface area (Å²) in [4.78, 5) is 2.24. The second-order valence-corrected chi connectivity index (χ2v) is 6.76. The molecule has 0 aromatic carbocycles. The highest BCUT2D eigenvalue weighted by molar-refractivity contribution is 7.91. The Morgan fingerprint density at radius 2 is 1.76 bits per heavy atom. The molecule has 5 nitrogen and oxygen atoms in total. The largest absolute Gasteiger partial charge is 0.379 e. The molecule has 0 aromatic rings. The number of hydrogen-bond donors (Lipinski definition) is 1. The highest BCUT2D eigenvalue weighted by Crippen LogP contribution is 2.08. The standard InChI is InChI=1S/C11H24N2O3S/c12-4-8-16-9-11-17(14,15)10-7-13-5-2-1-3-6-13/h1-12H2. The van der Waals surface area contributed by atoms with Gasteiger partial charge in [0.1, 0.15) is 0 Å². The maximum Gasteiger partial charge on any atom is 0.153 e. The van der Waals surface area contributed by atoms with Crippen LogP contribution < -0.4 is 5.73 Å². The zero-order valence-electron chi connectivity index (χ0n) is 10.4. The third-order valence-corrected chi connectivity index (χ3v) is 4.56. The smallest absolute Gasteiger partial charge is 0.153 e. The van der Waals surface area contributed by atoms with Gasteiger partial charge in [-0.2, -0.15) is 0 Å². The Morgan fingerprint density at radius 3 is 2.41 bits per heavy atom. The molecule has 1 aliphatic rings. The molecule has 17 heavy (non-hydrogen) atoms. The average molecular weight is 264 g/mol. The van der Waals surface area contributed by atoms with Crippen LogP contribution >= 0.6 is 0 Å². The minimum Gasteiger partial charge on any atom is -0.379 e. The number of rotatable bonds is 8. The first-order valence-corrected chi connectivity index (χ1v) is 8.17. The van der Waals surface area contributed by atoms with Crippen molar-refractivity contribution < 1.29 is 13.2 Å². The van der Waals surface area contributed by atoms with Crippen LogP contribution in [0.5, 0.6) is 0 Å². The highest BCUT2D eigenvalue weighted by Gasteiger charge is 2.15. The van der Waals surface area contributed by atoms with Crippen LogP contribution in [0.1, 0.15) is 19.3 Å². The van der Waals surface area contributed by atoms with Crippen LogP contribution in [-0.2, 0) is 14.6 Å². The van der Waals surface area contributed by atoms with Crippen molar-refractivity contribution in [1.82, 2.24) is 4.90 Å². The SMILES string of the molecule is NCCOCCS(=O)(=O)CCN1CCCCC1. The van der Waals surface area contributed by atoms with E-state index in [1.165, 1.54) is 19.3 Å². The van der Waals surface area contributed by atoms with Crippen molar-refractivity contribution in [3.63, 3.8) is 0 Å². The van der Waals surface area contributed by atoms with Crippen LogP contribution in [0.25, 0.3) is 0 Å². The molecule has 102 valence electrons. The van der Waals surface area contributed by atoms with Gasteiger partial charge in [-0.05, 0) is 25.9 Å². The van der Waals surface area contributed by atoms with Gasteiger partial charge in [0.2, 0.25) is 0 Å². The molecule has 0 spiro atoms. The number of sulfone groups is 1. The summed E-state index contributed by atoms with van der Waals surface area (Å²) in [6, 6.07) is 0. The van der Waals surface area contributed by atoms with Crippen LogP contribution in [0.15, 0.2) is 0 Å². The third kappa shape index (κ3) is 6.98. The van der Waals surface area contributed by atoms with Gasteiger partial charge in [-0.1, -0.05) is 6.42 Å². The topological polar surface area (TPSA) is 72.6 Å². The predicted octanol–water partition coefficient (Wildman–Crippen LogP) is -0.138. The van der Waals surface area contributed by atoms with Crippen molar-refractivity contribution in [2.45, 2.75) is 19.3 Å². The molecule has 0 unspecified atom stereocenters. The normalized spacial score (nSPS) is 18.4. The summed E-state index contributed by atoms with van der Waals surface area (Å²) >= 11 is 0. The fraction of sp³-hybridized carbons (Fsp3) is 1.00. The second kappa shape index (κ2) is 8.02. The fourth-order valence-electron chi connectivity index (χ4n) is 1.92. The van der Waals surface area contributed by atoms with Gasteiger partial charge in [0.15, 0.2) is 9.84 Å². The van der Waals surface area contributed by atoms with Crippen molar-refractivity contribution in [2.24, 2.45) is 5.73 Å². The molecule has 0 bridgehead atoms. The molecule has 0 saturated carbocycles. The van der Waals surface area contributed by atoms with Crippen LogP contribution in [0.3, 0.4) is 0 Å². The summed E-state index contributed by atoms with van der Waals surface area (Å²) in [5.41, 5.74) is 5.25. The van der Waals surface area contributed by atoms with Gasteiger partial charge in [-0.25, -0.2) is 8.42 Å². The summed E-state index contributed by atoms with van der Waals surface area (Å²) in [6.07, 6.45) is 3.66. The van der Waals surface area contributed by atoms with E-state index in [0.29, 0.717) is 19.7 Å². The Balaban J connectivity index is 2.14. The molecule has 1 fully saturated rings. The molecule has 0 amide bonds. The van der Waals surface area contributed by atoms with Gasteiger partial charge in [0, 0.05) is 13.1 Å². The van der Waals surface area contributed by atoms with E-state index in [1.54, 1.807) is 0 Å². The first kappa shape index (κ1) is 14.9. The lowest BCUT2D eigenvalue weighted by molar-refractivity contribution is 0.157. The van der Waals surface area contributed by atoms with Gasteiger partial charge in [0.05, 0.1) is 24.7 Å². The lowest BCUT2D eigenvalue weighted by Gasteiger charge is -2.26. The molecular weight excluding hydrogens is 240 g/mol. The summed E-state index contributed by atoms with van der Waals surface area (Å²) in [5.74, 6) is 0.361. The van der Waals surface area contributed by atoms with Gasteiger partial charge >= 0.3 is 0 Å². The van der Waals surface area contributed by atoms with Crippen molar-refractivity contribution in [1.29, 1.82) is 0 Å². The van der Waals surface area contributed by atoms with Crippen LogP contribution in [0.2, 0.25) is 0 Å². The molecule has 1 heterocycles. The van der Waals surface area contributed by atoms with Crippen molar-refractivity contribution in [3.8, 4) is 0 Å². The van der Waals surface area contributed by atoms with E-state index in [1.807, 2.05) is 0 Å². The summed E-state index contributed by atoms with van der Waals surface area (Å²) in [6.45, 7) is 3.88. The predicted molar refractivity (Wildman–Crippen MR) is 68.8 cm³/mol. The Hall–Kier alpha value is -0.170. The zero-order valence-corrected chi connectivity index (χ0v) is 11.3. The number of hydrogen-bond acceptors (Lipinski definition) is 5. The molecule has 0 aromatic heterocycles. The zero-order chi connectivity index (χ0) is 12.6. The molecule has 0 aliphatic carbocycles. The maximum atomic E-state index is 11.7. The molecule has 6 heteroatoms. The number of piperidine rings is 1. The summed E-state index contributed by atoms with van der Waals surface area (Å²) in [7, 11) is -2.97. The van der Waals surface area contributed by atoms with Gasteiger partial charge < -0.3 is 15.4 Å². The fourth-order valence-corrected chi connectivity index (χ4v) is 3.04. The first-order valence-electron chi connectivity index (χ1n) is 6.34. The number of nitrogens with two attached hydrogens (primary N) is 1. The van der Waals surface area contributed by atoms with E-state index in [0.717, 1.165) is 13.1 Å². The number of nitrogens with zero attached hydrogens (tertiary/aromatic N) is 1. The van der Waals surface area contributed by atoms with Crippen LogP contribution in [-0.4, -0.2) is 64.2 Å². The van der Waals surface area contributed by atoms with Crippen molar-refractivity contribution in [2.75, 3.05) is 50.9 Å². The minimum absolute atomic E-state index is 0.112. The van der Waals surface area contributed by atoms with Crippen molar-refractivity contribution in [3.05, 3.63) is 0 Å². The average Bonchev–Trinajstić information content (AvgIpc) is 2.34. The number of ether oxygens (including phenoxy) is 1. The van der Waals surface area contributed by atoms with E-state index in [4.69, 9.17) is 10.5 Å². The minimum atomic E-state index is -2.97. The molecule has 1 saturated heterocycles. The van der Waals surface area contributed by atoms with E-state index in [-0.39, 0.29) is 18.1 Å². The lowest BCUT2D eigenvalue weighted by atomic mass is 10.1. The summed E-state index contributed by atoms with van der Waals surface area (Å²) in [5, 5.41) is 0. The van der Waals surface area contributed by atoms with Crippen LogP contribution in [0, 0.1) is 0 Å². The van der Waals surface area contributed by atoms with E-state index < -0.39 is 9.84 Å². The van der Waals surface area contributed by atoms with Crippen molar-refractivity contribution >= 4 is 9.84 Å². The molecular formula is C11H24N2O3S. The van der Waals surface area contributed by atoms with E-state index in [9.17, 15) is 8.42 Å². The van der Waals surface area contributed by atoms with Gasteiger partial charge in [0.25, 0.3) is 0 Å². The summed E-state index contributed by atoms with van der Waals surface area (Å²) < 4.78 is 28.5. The number of likely N-dealkylation sites (tertiary alicyclic amines) is 1. The Bertz CT molecular complexity index is 287. The Labute approximate surface area is 104 Å². The second-order valence-electron chi connectivity index (χ2n) is 4.46. The van der Waals surface area contributed by atoms with Gasteiger partial charge in [-0.3, -0.25) is 0 Å². The third-order valence-electron chi connectivity index (χ3n) is 2.97. The highest BCUT2D eigenvalue weighted by atomic mass is 32.2. The van der Waals surface area contributed by atoms with E-state index >= 15 is 0 Å². The molecule has 0 atom stereocenters. The lowest BCUT2D eigenvalue weighted by Crippen LogP contribution is -2.34. The molecule has 1 aliphatic heterocycles. The van der Waals surface area contributed by atoms with Gasteiger partial charge in [-0.15, -0.1) is 0 Å². The molecule has 0 radical (unpaired) electrons. The molecule has 1 rings (SSSR count). The Morgan fingerprint density at radius 1 is 1.06 bits per heavy atom. The first-order chi connectivity index (χ1) is 8.14. The van der Waals surface area contributed by atoms with E-state index in [2.05, 4.69) is 4.90 Å². The Kier molecular flexibility index (Phi) is 7.03. The maximum absolute atomic E-state index is 11.7. The molecule has 2 N–H and O–H groups in total.